The Hall–Kier alpha value is -4.30. The number of allylic oxidation sites excluding steroid dienone is 1. The van der Waals surface area contributed by atoms with Gasteiger partial charge in [0.2, 0.25) is 6.10 Å². The quantitative estimate of drug-likeness (QED) is 0.189. The largest absolute Gasteiger partial charge is 0.472 e. The van der Waals surface area contributed by atoms with Crippen molar-refractivity contribution in [2.45, 2.75) is 104 Å². The Morgan fingerprint density at radius 3 is 2.20 bits per heavy atom. The van der Waals surface area contributed by atoms with E-state index in [2.05, 4.69) is 6.58 Å². The van der Waals surface area contributed by atoms with E-state index in [0.29, 0.717) is 5.56 Å². The summed E-state index contributed by atoms with van der Waals surface area (Å²) in [5, 5.41) is 12.4. The smallest absolute Gasteiger partial charge is 0.351 e. The topological polar surface area (TPSA) is 191 Å². The maximum Gasteiger partial charge on any atom is 0.351 e. The number of aliphatic hydroxyl groups is 1. The van der Waals surface area contributed by atoms with E-state index in [1.54, 1.807) is 20.8 Å². The second-order valence-corrected chi connectivity index (χ2v) is 14.5. The number of carbonyl (C=O) groups is 6. The van der Waals surface area contributed by atoms with E-state index in [1.807, 2.05) is 0 Å². The summed E-state index contributed by atoms with van der Waals surface area (Å²) in [4.78, 5) is 81.4. The average Bonchev–Trinajstić information content (AvgIpc) is 3.62. The minimum atomic E-state index is -2.21. The summed E-state index contributed by atoms with van der Waals surface area (Å²) >= 11 is 0. The number of methoxy groups -OCH3 is 1. The zero-order valence-corrected chi connectivity index (χ0v) is 29.6. The molecule has 2 aliphatic heterocycles. The zero-order chi connectivity index (χ0) is 37.3. The molecule has 4 aliphatic rings. The van der Waals surface area contributed by atoms with E-state index in [9.17, 15) is 29.1 Å². The molecular weight excluding hydrogens is 656 g/mol. The third-order valence-corrected chi connectivity index (χ3v) is 11.6. The van der Waals surface area contributed by atoms with Crippen LogP contribution in [0.1, 0.15) is 73.5 Å². The van der Waals surface area contributed by atoms with Crippen LogP contribution in [0, 0.1) is 28.1 Å². The van der Waals surface area contributed by atoms with Gasteiger partial charge in [-0.25, -0.2) is 9.59 Å². The Labute approximate surface area is 289 Å². The van der Waals surface area contributed by atoms with Crippen molar-refractivity contribution in [3.63, 3.8) is 0 Å². The summed E-state index contributed by atoms with van der Waals surface area (Å²) in [6, 6.07) is 1.51. The van der Waals surface area contributed by atoms with Crippen LogP contribution in [0.2, 0.25) is 0 Å². The van der Waals surface area contributed by atoms with E-state index in [1.165, 1.54) is 52.5 Å². The molecule has 1 aromatic heterocycles. The van der Waals surface area contributed by atoms with Gasteiger partial charge in [-0.05, 0) is 45.3 Å². The minimum absolute atomic E-state index is 0.0853. The highest BCUT2D eigenvalue weighted by Crippen LogP contribution is 2.71. The molecule has 2 aliphatic carbocycles. The molecule has 50 heavy (non-hydrogen) atoms. The second kappa shape index (κ2) is 12.5. The van der Waals surface area contributed by atoms with Crippen molar-refractivity contribution in [2.75, 3.05) is 7.11 Å². The fraction of sp³-hybridized carbons (Fsp3) is 0.611. The summed E-state index contributed by atoms with van der Waals surface area (Å²) in [6.07, 6.45) is -5.62. The number of Topliss-reactive ketones (excluding diaryl/α,β-unsaturated/α-hetero) is 1. The van der Waals surface area contributed by atoms with Crippen LogP contribution in [0.3, 0.4) is 0 Å². The Morgan fingerprint density at radius 1 is 1.02 bits per heavy atom. The predicted octanol–water partition coefficient (Wildman–Crippen LogP) is 3.10. The molecule has 0 aromatic carbocycles. The molecule has 11 unspecified atom stereocenters. The van der Waals surface area contributed by atoms with Crippen LogP contribution in [0.5, 0.6) is 0 Å². The molecule has 4 fully saturated rings. The van der Waals surface area contributed by atoms with Crippen LogP contribution < -0.4 is 0 Å². The molecule has 5 rings (SSSR count). The Bertz CT molecular complexity index is 1660. The van der Waals surface area contributed by atoms with Crippen LogP contribution in [0.15, 0.2) is 46.8 Å². The molecule has 1 aromatic rings. The number of fused-ring (bicyclic) bond motifs is 2. The van der Waals surface area contributed by atoms with Gasteiger partial charge in [0.05, 0.1) is 48.9 Å². The van der Waals surface area contributed by atoms with Gasteiger partial charge in [0.15, 0.2) is 11.9 Å². The van der Waals surface area contributed by atoms with Crippen molar-refractivity contribution in [1.29, 1.82) is 0 Å². The summed E-state index contributed by atoms with van der Waals surface area (Å²) in [6.45, 7) is 16.0. The van der Waals surface area contributed by atoms with Gasteiger partial charge in [0.25, 0.3) is 0 Å². The molecule has 3 heterocycles. The van der Waals surface area contributed by atoms with E-state index in [-0.39, 0.29) is 17.6 Å². The third-order valence-electron chi connectivity index (χ3n) is 11.6. The predicted molar refractivity (Wildman–Crippen MR) is 169 cm³/mol. The lowest BCUT2D eigenvalue weighted by Gasteiger charge is -2.62. The number of rotatable bonds is 7. The van der Waals surface area contributed by atoms with Crippen molar-refractivity contribution in [3.05, 3.63) is 48.0 Å². The molecule has 1 N–H and O–H groups in total. The normalized spacial score (nSPS) is 38.9. The number of aliphatic hydroxyl groups excluding tert-OH is 1. The number of hydrogen-bond acceptors (Lipinski definition) is 14. The molecule has 11 atom stereocenters. The van der Waals surface area contributed by atoms with Gasteiger partial charge in [-0.1, -0.05) is 26.5 Å². The first-order valence-electron chi connectivity index (χ1n) is 16.3. The van der Waals surface area contributed by atoms with Crippen molar-refractivity contribution in [2.24, 2.45) is 28.1 Å². The molecule has 1 spiro atoms. The molecule has 272 valence electrons. The lowest BCUT2D eigenvalue weighted by atomic mass is 9.49. The second-order valence-electron chi connectivity index (χ2n) is 14.5. The summed E-state index contributed by atoms with van der Waals surface area (Å²) in [5.41, 5.74) is -6.72. The molecule has 0 amide bonds. The minimum Gasteiger partial charge on any atom is -0.472 e. The van der Waals surface area contributed by atoms with Crippen LogP contribution in [-0.4, -0.2) is 84.0 Å². The Morgan fingerprint density at radius 2 is 1.66 bits per heavy atom. The molecule has 2 saturated heterocycles. The number of carbonyl (C=O) groups excluding carboxylic acids is 6. The molecule has 2 saturated carbocycles. The lowest BCUT2D eigenvalue weighted by Crippen LogP contribution is -2.74. The average molecular weight is 701 g/mol. The van der Waals surface area contributed by atoms with Crippen molar-refractivity contribution >= 4 is 35.6 Å². The number of ketones is 1. The van der Waals surface area contributed by atoms with Crippen molar-refractivity contribution in [1.82, 2.24) is 0 Å². The summed E-state index contributed by atoms with van der Waals surface area (Å²) in [5.74, 6) is -7.42. The lowest BCUT2D eigenvalue weighted by molar-refractivity contribution is -0.316. The zero-order valence-electron chi connectivity index (χ0n) is 29.6. The third kappa shape index (κ3) is 4.96. The number of esters is 5. The molecular formula is C36H44O14. The van der Waals surface area contributed by atoms with E-state index >= 15 is 4.79 Å². The number of furan rings is 1. The van der Waals surface area contributed by atoms with Gasteiger partial charge in [0, 0.05) is 30.4 Å². The van der Waals surface area contributed by atoms with Gasteiger partial charge < -0.3 is 37.9 Å². The van der Waals surface area contributed by atoms with Gasteiger partial charge in [-0.2, -0.15) is 0 Å². The van der Waals surface area contributed by atoms with E-state index in [4.69, 9.17) is 32.8 Å². The van der Waals surface area contributed by atoms with Gasteiger partial charge in [-0.3, -0.25) is 19.2 Å². The Kier molecular flexibility index (Phi) is 9.23. The van der Waals surface area contributed by atoms with Crippen LogP contribution in [-0.2, 0) is 57.2 Å². The van der Waals surface area contributed by atoms with Crippen molar-refractivity contribution < 1.29 is 66.7 Å². The van der Waals surface area contributed by atoms with Gasteiger partial charge in [0.1, 0.15) is 23.9 Å². The SMILES string of the molecule is C=C1C2C(=O)C3(C)C(OC14C(OC(C)=O)C(=O)OC(c1ccoc1)C4(C)C2O)C(OC(=O)C(C)=CC)C(OC(C)=O)C(C)(C)C3CC(=O)OC. The first-order valence-corrected chi connectivity index (χ1v) is 16.3. The maximum atomic E-state index is 15.4. The molecule has 14 heteroatoms. The Balaban J connectivity index is 1.88. The number of cyclic esters (lactones) is 1. The first kappa shape index (κ1) is 37.0. The molecule has 2 bridgehead atoms. The van der Waals surface area contributed by atoms with Gasteiger partial charge in [-0.15, -0.1) is 0 Å². The fourth-order valence-electron chi connectivity index (χ4n) is 9.01. The highest BCUT2D eigenvalue weighted by atomic mass is 16.6. The highest BCUT2D eigenvalue weighted by Gasteiger charge is 2.83. The van der Waals surface area contributed by atoms with E-state index < -0.39 is 106 Å². The first-order chi connectivity index (χ1) is 23.3. The van der Waals surface area contributed by atoms with Crippen molar-refractivity contribution in [3.8, 4) is 0 Å². The molecule has 14 nitrogen and oxygen atoms in total. The summed E-state index contributed by atoms with van der Waals surface area (Å²) < 4.78 is 41.0. The molecule has 0 radical (unpaired) electrons. The van der Waals surface area contributed by atoms with E-state index in [0.717, 1.165) is 13.8 Å². The fourth-order valence-corrected chi connectivity index (χ4v) is 9.01. The summed E-state index contributed by atoms with van der Waals surface area (Å²) in [7, 11) is 1.18. The van der Waals surface area contributed by atoms with Crippen LogP contribution in [0.25, 0.3) is 0 Å². The standard InChI is InChI=1S/C36H44O14/c1-11-16(2)31(42)48-24-28(46-18(4)37)33(6,7)21(14-22(39)44-10)34(8)25(40)23-17(3)36(50-29(24)34)30(47-19(5)38)32(43)49-27(20-12-13-45-15-20)35(36,9)26(23)41/h11-13,15,21,23-24,26-30,41H,3,14H2,1-2,4-10H3. The maximum absolute atomic E-state index is 15.4. The number of hydrogen-bond donors (Lipinski definition) is 1. The van der Waals surface area contributed by atoms with Gasteiger partial charge >= 0.3 is 29.8 Å². The highest BCUT2D eigenvalue weighted by molar-refractivity contribution is 5.95. The number of ether oxygens (including phenoxy) is 6. The monoisotopic (exact) mass is 700 g/mol. The van der Waals surface area contributed by atoms with Crippen LogP contribution >= 0.6 is 0 Å². The van der Waals surface area contributed by atoms with Crippen LogP contribution in [0.4, 0.5) is 0 Å².